The maximum absolute atomic E-state index is 9.16. The molecule has 0 fully saturated rings. The molecule has 0 unspecified atom stereocenters. The maximum Gasteiger partial charge on any atom is 0.0991 e. The molecule has 29 aromatic rings. The number of aromatic nitrogens is 6. The van der Waals surface area contributed by atoms with Gasteiger partial charge in [0.25, 0.3) is 0 Å². The molecule has 0 aliphatic heterocycles. The molecule has 7 aromatic heterocycles. The summed E-state index contributed by atoms with van der Waals surface area (Å²) >= 11 is 1.89. The lowest BCUT2D eigenvalue weighted by Gasteiger charge is -2.13. The van der Waals surface area contributed by atoms with Gasteiger partial charge in [-0.3, -0.25) is 0 Å². The van der Waals surface area contributed by atoms with Gasteiger partial charge < -0.3 is 27.4 Å². The van der Waals surface area contributed by atoms with E-state index < -0.39 is 0 Å². The quantitative estimate of drug-likeness (QED) is 0.127. The van der Waals surface area contributed by atoms with Gasteiger partial charge in [0.2, 0.25) is 0 Å². The van der Waals surface area contributed by atoms with E-state index >= 15 is 0 Å². The monoisotopic (exact) mass is 1790 g/mol. The highest BCUT2D eigenvalue weighted by Crippen LogP contribution is 2.48. The minimum absolute atomic E-state index is 0.670. The molecule has 648 valence electrons. The van der Waals surface area contributed by atoms with Crippen molar-refractivity contribution in [2.45, 2.75) is 0 Å². The summed E-state index contributed by atoms with van der Waals surface area (Å²) in [7, 11) is 0. The van der Waals surface area contributed by atoms with Crippen LogP contribution in [0.3, 0.4) is 0 Å². The fourth-order valence-corrected chi connectivity index (χ4v) is 23.2. The van der Waals surface area contributed by atoms with E-state index in [4.69, 9.17) is 5.26 Å². The Morgan fingerprint density at radius 1 is 0.158 bits per heavy atom. The molecule has 0 N–H and O–H groups in total. The van der Waals surface area contributed by atoms with Gasteiger partial charge >= 0.3 is 0 Å². The summed E-state index contributed by atoms with van der Waals surface area (Å²) in [6.45, 7) is 0. The van der Waals surface area contributed by atoms with Crippen molar-refractivity contribution in [3.63, 3.8) is 0 Å². The Labute approximate surface area is 804 Å². The predicted molar refractivity (Wildman–Crippen MR) is 588 cm³/mol. The van der Waals surface area contributed by atoms with Crippen LogP contribution in [0.15, 0.2) is 504 Å². The second kappa shape index (κ2) is 33.1. The molecule has 29 rings (SSSR count). The van der Waals surface area contributed by atoms with Crippen molar-refractivity contribution in [2.24, 2.45) is 0 Å². The van der Waals surface area contributed by atoms with Crippen molar-refractivity contribution in [3.8, 4) is 95.8 Å². The Morgan fingerprint density at radius 2 is 0.424 bits per heavy atom. The van der Waals surface area contributed by atoms with Gasteiger partial charge in [0.05, 0.1) is 77.8 Å². The first-order chi connectivity index (χ1) is 68.9. The summed E-state index contributed by atoms with van der Waals surface area (Å²) in [4.78, 5) is 0. The van der Waals surface area contributed by atoms with Crippen molar-refractivity contribution in [1.29, 1.82) is 5.26 Å². The van der Waals surface area contributed by atoms with Crippen LogP contribution in [0.5, 0.6) is 0 Å². The van der Waals surface area contributed by atoms with E-state index in [9.17, 15) is 0 Å². The third-order valence-corrected chi connectivity index (χ3v) is 29.6. The molecule has 0 saturated heterocycles. The van der Waals surface area contributed by atoms with Crippen molar-refractivity contribution in [1.82, 2.24) is 27.4 Å². The van der Waals surface area contributed by atoms with Crippen LogP contribution in [-0.2, 0) is 0 Å². The van der Waals surface area contributed by atoms with E-state index in [-0.39, 0.29) is 0 Å². The average Bonchev–Trinajstić information content (AvgIpc) is 1.56. The summed E-state index contributed by atoms with van der Waals surface area (Å²) in [5, 5.41) is 29.4. The van der Waals surface area contributed by atoms with Crippen LogP contribution in [0.1, 0.15) is 5.56 Å². The molecule has 7 nitrogen and oxygen atoms in total. The van der Waals surface area contributed by atoms with Crippen LogP contribution in [0.2, 0.25) is 0 Å². The number of hydrogen-bond acceptors (Lipinski definition) is 2. The molecule has 0 bridgehead atoms. The first-order valence-electron chi connectivity index (χ1n) is 47.4. The largest absolute Gasteiger partial charge is 0.309 e. The first-order valence-corrected chi connectivity index (χ1v) is 48.2. The van der Waals surface area contributed by atoms with Crippen molar-refractivity contribution < 1.29 is 0 Å². The number of hydrogen-bond donors (Lipinski definition) is 0. The third-order valence-electron chi connectivity index (χ3n) is 28.3. The molecule has 0 aliphatic rings. The van der Waals surface area contributed by atoms with Gasteiger partial charge in [0, 0.05) is 124 Å². The number of fused-ring (bicyclic) bond motifs is 22. The predicted octanol–water partition coefficient (Wildman–Crippen LogP) is 35.4. The summed E-state index contributed by atoms with van der Waals surface area (Å²) in [5.74, 6) is 0. The summed E-state index contributed by atoms with van der Waals surface area (Å²) < 4.78 is 17.0. The Kier molecular flexibility index (Phi) is 19.1. The number of para-hydroxylation sites is 9. The van der Waals surface area contributed by atoms with Crippen molar-refractivity contribution in [2.75, 3.05) is 0 Å². The summed E-state index contributed by atoms with van der Waals surface area (Å²) in [6, 6.07) is 184. The molecule has 0 radical (unpaired) electrons. The number of thiophene rings is 1. The fourth-order valence-electron chi connectivity index (χ4n) is 21.9. The molecule has 139 heavy (non-hydrogen) atoms. The number of benzene rings is 22. The first kappa shape index (κ1) is 80.3. The van der Waals surface area contributed by atoms with Crippen LogP contribution < -0.4 is 0 Å². The molecule has 0 saturated carbocycles. The van der Waals surface area contributed by atoms with Crippen LogP contribution >= 0.6 is 11.3 Å². The van der Waals surface area contributed by atoms with E-state index in [2.05, 4.69) is 513 Å². The Balaban J connectivity index is 0.000000105. The molecule has 0 amide bonds. The molecular formula is C131H83N7S. The SMILES string of the molecule is N#Cc1ccc(-c2ccc(-n3c4ccccc4c4cc(-c5ccc6c(c5)c5ccccc5n6-c5ccccc5)ccc43)cc2)cc1.c1ccc(-c2cc(-n3c4ccccc4c4cc(-c5ccc6c(c5)c5ccccc5n6-c5ccccc5)ccc43)cc3c2sc2ccccc23)cc1.c1ccc(-n2c3ccccc3c3cc(-c4ccc5c(c4)c4ccccc4n5-c4ccc5ccccc5c4)ccc32)cc1. The molecule has 7 heterocycles. The topological polar surface area (TPSA) is 53.4 Å². The second-order valence-corrected chi connectivity index (χ2v) is 37.2. The summed E-state index contributed by atoms with van der Waals surface area (Å²) in [5.41, 5.74) is 34.2. The molecule has 8 heteroatoms. The average molecular weight is 1790 g/mol. The van der Waals surface area contributed by atoms with Crippen LogP contribution in [0.25, 0.3) is 252 Å². The molecular weight excluding hydrogens is 1700 g/mol. The van der Waals surface area contributed by atoms with Gasteiger partial charge in [-0.05, 0) is 261 Å². The van der Waals surface area contributed by atoms with Crippen molar-refractivity contribution >= 4 is 173 Å². The minimum Gasteiger partial charge on any atom is -0.309 e. The molecule has 0 atom stereocenters. The van der Waals surface area contributed by atoms with Crippen LogP contribution in [-0.4, -0.2) is 27.4 Å². The van der Waals surface area contributed by atoms with Gasteiger partial charge in [-0.2, -0.15) is 5.26 Å². The summed E-state index contributed by atoms with van der Waals surface area (Å²) in [6.07, 6.45) is 0. The third kappa shape index (κ3) is 13.5. The van der Waals surface area contributed by atoms with E-state index in [0.717, 1.165) is 16.8 Å². The highest BCUT2D eigenvalue weighted by molar-refractivity contribution is 7.26. The zero-order valence-corrected chi connectivity index (χ0v) is 76.3. The molecule has 0 spiro atoms. The minimum atomic E-state index is 0.670. The van der Waals surface area contributed by atoms with Gasteiger partial charge in [0.15, 0.2) is 0 Å². The highest BCUT2D eigenvalue weighted by Gasteiger charge is 2.24. The lowest BCUT2D eigenvalue weighted by Crippen LogP contribution is -1.95. The van der Waals surface area contributed by atoms with Crippen LogP contribution in [0, 0.1) is 11.3 Å². The lowest BCUT2D eigenvalue weighted by atomic mass is 10.0. The van der Waals surface area contributed by atoms with E-state index in [1.165, 1.54) is 235 Å². The smallest absolute Gasteiger partial charge is 0.0991 e. The normalized spacial score (nSPS) is 11.7. The fraction of sp³-hybridized carbons (Fsp3) is 0. The zero-order chi connectivity index (χ0) is 91.7. The Hall–Kier alpha value is -18.4. The Morgan fingerprint density at radius 3 is 0.784 bits per heavy atom. The number of nitrogens with zero attached hydrogens (tertiary/aromatic N) is 7. The number of rotatable bonds is 11. The van der Waals surface area contributed by atoms with Crippen LogP contribution in [0.4, 0.5) is 0 Å². The molecule has 22 aromatic carbocycles. The van der Waals surface area contributed by atoms with Gasteiger partial charge in [-0.1, -0.05) is 303 Å². The zero-order valence-electron chi connectivity index (χ0n) is 75.5. The Bertz CT molecular complexity index is 10000. The molecule has 0 aliphatic carbocycles. The van der Waals surface area contributed by atoms with E-state index in [1.807, 2.05) is 35.6 Å². The second-order valence-electron chi connectivity index (χ2n) is 36.1. The van der Waals surface area contributed by atoms with Gasteiger partial charge in [-0.25, -0.2) is 0 Å². The lowest BCUT2D eigenvalue weighted by molar-refractivity contribution is 1.18. The van der Waals surface area contributed by atoms with E-state index in [1.54, 1.807) is 0 Å². The van der Waals surface area contributed by atoms with Gasteiger partial charge in [0.1, 0.15) is 0 Å². The van der Waals surface area contributed by atoms with Gasteiger partial charge in [-0.15, -0.1) is 11.3 Å². The maximum atomic E-state index is 9.16. The van der Waals surface area contributed by atoms with Crippen molar-refractivity contribution in [3.05, 3.63) is 509 Å². The number of nitriles is 1. The van der Waals surface area contributed by atoms with E-state index in [0.29, 0.717) is 5.56 Å². The standard InChI is InChI=1S/C48H30N2S.C43H27N3.C40H26N2/c1-3-13-31(14-4-1)39-29-35(30-42-38-19-9-12-22-47(38)51-48(39)42)50-44-21-11-8-18-37(44)41-28-33(24-26-46(41)50)32-23-25-45-40(27-32)36-17-7-10-20-43(36)49(45)34-15-5-2-6-16-34;44-28-29-14-16-30(17-15-29)31-18-22-35(23-19-31)46-41-13-7-5-11-37(41)39-27-33(21-25-43(39)46)32-20-24-42-38(26-32)36-10-4-6-12-40(36)45(42)34-8-2-1-3-9-34;1-2-12-31(13-3-1)41-37-16-8-6-14-33(37)35-25-29(19-22-39(35)41)30-20-23-40-36(26-30)34-15-7-9-17-38(34)42(40)32-21-18-27-10-4-5-11-28(27)24-32/h1-30H;1-27H;1-26H. The highest BCUT2D eigenvalue weighted by atomic mass is 32.1.